The van der Waals surface area contributed by atoms with E-state index in [0.29, 0.717) is 39.1 Å². The van der Waals surface area contributed by atoms with Gasteiger partial charge in [0.15, 0.2) is 0 Å². The Kier molecular flexibility index (Phi) is 8.63. The van der Waals surface area contributed by atoms with Crippen LogP contribution in [0.1, 0.15) is 62.1 Å². The third-order valence-corrected chi connectivity index (χ3v) is 9.86. The van der Waals surface area contributed by atoms with Crippen LogP contribution in [0.3, 0.4) is 0 Å². The number of hydrogen-bond acceptors (Lipinski definition) is 4. The van der Waals surface area contributed by atoms with Gasteiger partial charge in [0.1, 0.15) is 11.6 Å². The number of likely N-dealkylation sites (tertiary alicyclic amines) is 1. The van der Waals surface area contributed by atoms with Gasteiger partial charge >= 0.3 is 6.03 Å². The Morgan fingerprint density at radius 3 is 2.53 bits per heavy atom. The van der Waals surface area contributed by atoms with E-state index < -0.39 is 17.7 Å². The van der Waals surface area contributed by atoms with E-state index in [-0.39, 0.29) is 28.7 Å². The highest BCUT2D eigenvalue weighted by atomic mass is 19.1. The van der Waals surface area contributed by atoms with Crippen molar-refractivity contribution in [1.82, 2.24) is 25.0 Å². The average molecular weight is 590 g/mol. The molecular formula is C34H41F2N5O2. The highest BCUT2D eigenvalue weighted by molar-refractivity contribution is 5.75. The van der Waals surface area contributed by atoms with Gasteiger partial charge in [0, 0.05) is 61.1 Å². The Labute approximate surface area is 251 Å². The Bertz CT molecular complexity index is 1490. The molecule has 6 rings (SSSR count). The Morgan fingerprint density at radius 1 is 1.00 bits per heavy atom. The first-order valence-electron chi connectivity index (χ1n) is 15.6. The van der Waals surface area contributed by atoms with Gasteiger partial charge in [-0.2, -0.15) is 0 Å². The van der Waals surface area contributed by atoms with Crippen molar-refractivity contribution in [2.75, 3.05) is 33.2 Å². The van der Waals surface area contributed by atoms with Crippen LogP contribution >= 0.6 is 0 Å². The molecule has 2 N–H and O–H groups in total. The van der Waals surface area contributed by atoms with Gasteiger partial charge in [-0.15, -0.1) is 0 Å². The number of piperazine rings is 1. The van der Waals surface area contributed by atoms with E-state index in [0.717, 1.165) is 67.5 Å². The number of carbonyl (C=O) groups is 1. The van der Waals surface area contributed by atoms with Crippen LogP contribution in [-0.4, -0.2) is 70.5 Å². The van der Waals surface area contributed by atoms with Crippen molar-refractivity contribution in [3.63, 3.8) is 0 Å². The second-order valence-electron chi connectivity index (χ2n) is 12.4. The molecule has 2 saturated heterocycles. The molecule has 3 aliphatic rings. The number of nitrogens with one attached hydrogen (secondary N) is 2. The number of aromatic amines is 1. The molecule has 2 atom stereocenters. The van der Waals surface area contributed by atoms with E-state index in [2.05, 4.69) is 15.2 Å². The molecule has 2 aliphatic heterocycles. The highest BCUT2D eigenvalue weighted by Crippen LogP contribution is 2.39. The van der Waals surface area contributed by atoms with Crippen LogP contribution in [0.2, 0.25) is 0 Å². The number of rotatable bonds is 5. The SMILES string of the molecule is CN[C@@H]1CCN(C(=O)N2CCN(Cc3ccc(-c4ccccc4)[nH]c3=O)C3(CCCCC3)C2)[C@H](c2cc(F)ccc2F)C1. The lowest BCUT2D eigenvalue weighted by molar-refractivity contribution is -0.0269. The smallest absolute Gasteiger partial charge is 0.320 e. The molecule has 1 spiro atoms. The average Bonchev–Trinajstić information content (AvgIpc) is 3.04. The Hall–Kier alpha value is -3.56. The van der Waals surface area contributed by atoms with Gasteiger partial charge < -0.3 is 20.1 Å². The molecule has 228 valence electrons. The summed E-state index contributed by atoms with van der Waals surface area (Å²) in [5.74, 6) is -0.991. The van der Waals surface area contributed by atoms with Crippen LogP contribution in [0.5, 0.6) is 0 Å². The third kappa shape index (κ3) is 6.10. The molecule has 3 fully saturated rings. The summed E-state index contributed by atoms with van der Waals surface area (Å²) < 4.78 is 29.2. The lowest BCUT2D eigenvalue weighted by Gasteiger charge is -2.54. The lowest BCUT2D eigenvalue weighted by atomic mass is 9.78. The van der Waals surface area contributed by atoms with Crippen molar-refractivity contribution >= 4 is 6.03 Å². The highest BCUT2D eigenvalue weighted by Gasteiger charge is 2.45. The molecule has 1 aliphatic carbocycles. The van der Waals surface area contributed by atoms with E-state index in [1.807, 2.05) is 54.4 Å². The first kappa shape index (κ1) is 29.5. The van der Waals surface area contributed by atoms with Crippen LogP contribution in [0, 0.1) is 11.6 Å². The zero-order valence-electron chi connectivity index (χ0n) is 24.8. The minimum Gasteiger partial charge on any atom is -0.322 e. The van der Waals surface area contributed by atoms with E-state index >= 15 is 0 Å². The molecule has 3 heterocycles. The number of benzene rings is 2. The van der Waals surface area contributed by atoms with Crippen LogP contribution < -0.4 is 10.9 Å². The number of carbonyl (C=O) groups excluding carboxylic acids is 1. The maximum absolute atomic E-state index is 15.0. The minimum atomic E-state index is -0.545. The van der Waals surface area contributed by atoms with Gasteiger partial charge in [0.05, 0.1) is 6.04 Å². The number of amides is 2. The van der Waals surface area contributed by atoms with Gasteiger partial charge in [-0.25, -0.2) is 13.6 Å². The lowest BCUT2D eigenvalue weighted by Crippen LogP contribution is -2.65. The second-order valence-corrected chi connectivity index (χ2v) is 12.4. The number of urea groups is 1. The summed E-state index contributed by atoms with van der Waals surface area (Å²) >= 11 is 0. The number of hydrogen-bond donors (Lipinski definition) is 2. The normalized spacial score (nSPS) is 22.6. The molecule has 2 aromatic carbocycles. The van der Waals surface area contributed by atoms with Gasteiger partial charge in [-0.05, 0) is 62.6 Å². The van der Waals surface area contributed by atoms with E-state index in [1.54, 1.807) is 4.90 Å². The molecule has 7 nitrogen and oxygen atoms in total. The number of H-pyrrole nitrogens is 1. The molecule has 9 heteroatoms. The summed E-state index contributed by atoms with van der Waals surface area (Å²) in [6.07, 6.45) is 6.51. The molecular weight excluding hydrogens is 548 g/mol. The number of aromatic nitrogens is 1. The number of nitrogens with zero attached hydrogens (tertiary/aromatic N) is 3. The summed E-state index contributed by atoms with van der Waals surface area (Å²) in [4.78, 5) is 36.5. The first-order chi connectivity index (χ1) is 20.9. The van der Waals surface area contributed by atoms with Crippen molar-refractivity contribution < 1.29 is 13.6 Å². The number of halogens is 2. The number of pyridine rings is 1. The van der Waals surface area contributed by atoms with E-state index in [4.69, 9.17) is 0 Å². The fourth-order valence-corrected chi connectivity index (χ4v) is 7.43. The molecule has 1 aromatic heterocycles. The maximum atomic E-state index is 15.0. The first-order valence-corrected chi connectivity index (χ1v) is 15.6. The predicted octanol–water partition coefficient (Wildman–Crippen LogP) is 5.69. The van der Waals surface area contributed by atoms with Gasteiger partial charge in [0.25, 0.3) is 5.56 Å². The fourth-order valence-electron chi connectivity index (χ4n) is 7.43. The summed E-state index contributed by atoms with van der Waals surface area (Å²) in [6, 6.07) is 16.7. The van der Waals surface area contributed by atoms with Crippen LogP contribution in [0.25, 0.3) is 11.3 Å². The Morgan fingerprint density at radius 2 is 1.79 bits per heavy atom. The number of piperidine rings is 1. The van der Waals surface area contributed by atoms with Gasteiger partial charge in [0.2, 0.25) is 0 Å². The largest absolute Gasteiger partial charge is 0.322 e. The molecule has 0 radical (unpaired) electrons. The second kappa shape index (κ2) is 12.6. The van der Waals surface area contributed by atoms with Crippen LogP contribution in [0.4, 0.5) is 13.6 Å². The molecule has 43 heavy (non-hydrogen) atoms. The summed E-state index contributed by atoms with van der Waals surface area (Å²) in [6.45, 7) is 2.73. The zero-order valence-corrected chi connectivity index (χ0v) is 24.8. The van der Waals surface area contributed by atoms with Crippen molar-refractivity contribution in [3.05, 3.63) is 93.8 Å². The van der Waals surface area contributed by atoms with Crippen molar-refractivity contribution in [2.45, 2.75) is 69.1 Å². The minimum absolute atomic E-state index is 0.0850. The summed E-state index contributed by atoms with van der Waals surface area (Å²) in [5, 5.41) is 3.27. The van der Waals surface area contributed by atoms with Crippen LogP contribution in [-0.2, 0) is 6.54 Å². The van der Waals surface area contributed by atoms with Crippen molar-refractivity contribution in [3.8, 4) is 11.3 Å². The summed E-state index contributed by atoms with van der Waals surface area (Å²) in [5.41, 5.74) is 2.41. The van der Waals surface area contributed by atoms with Gasteiger partial charge in [-0.3, -0.25) is 9.69 Å². The predicted molar refractivity (Wildman–Crippen MR) is 164 cm³/mol. The maximum Gasteiger partial charge on any atom is 0.320 e. The third-order valence-electron chi connectivity index (χ3n) is 9.86. The molecule has 3 aromatic rings. The molecule has 0 bridgehead atoms. The fraction of sp³-hybridized carbons (Fsp3) is 0.471. The zero-order chi connectivity index (χ0) is 30.0. The van der Waals surface area contributed by atoms with Crippen molar-refractivity contribution in [2.24, 2.45) is 0 Å². The van der Waals surface area contributed by atoms with Gasteiger partial charge in [-0.1, -0.05) is 55.7 Å². The Balaban J connectivity index is 1.23. The monoisotopic (exact) mass is 589 g/mol. The van der Waals surface area contributed by atoms with E-state index in [1.165, 1.54) is 6.07 Å². The standard InChI is InChI=1S/C34H41F2N5O2/c1-37-27-14-17-41(31(21-27)28-20-26(35)11-12-29(28)36)33(43)39-18-19-40(34(23-39)15-6-3-7-16-34)22-25-10-13-30(38-32(25)42)24-8-4-2-5-9-24/h2,4-5,8-13,20,27,31,37H,3,6-7,14-19,21-23H2,1H3,(H,38,42)/t27-,31+/m1/s1. The summed E-state index contributed by atoms with van der Waals surface area (Å²) in [7, 11) is 1.87. The molecule has 2 amide bonds. The molecule has 0 unspecified atom stereocenters. The quantitative estimate of drug-likeness (QED) is 0.402. The van der Waals surface area contributed by atoms with Crippen LogP contribution in [0.15, 0.2) is 65.5 Å². The molecule has 1 saturated carbocycles. The topological polar surface area (TPSA) is 71.7 Å². The van der Waals surface area contributed by atoms with E-state index in [9.17, 15) is 18.4 Å². The van der Waals surface area contributed by atoms with Crippen molar-refractivity contribution in [1.29, 1.82) is 0 Å².